The Morgan fingerprint density at radius 3 is 1.87 bits per heavy atom. The van der Waals surface area contributed by atoms with E-state index < -0.39 is 6.10 Å². The van der Waals surface area contributed by atoms with Crippen LogP contribution < -0.4 is 0 Å². The molecular weight excluding hydrogens is 378 g/mol. The van der Waals surface area contributed by atoms with Crippen LogP contribution in [0.4, 0.5) is 0 Å². The number of hydrogen-bond acceptors (Lipinski definition) is 5. The second-order valence-electron chi connectivity index (χ2n) is 7.47. The number of rotatable bonds is 15. The van der Waals surface area contributed by atoms with Gasteiger partial charge in [0.05, 0.1) is 31.5 Å². The predicted octanol–water partition coefficient (Wildman–Crippen LogP) is 4.24. The Balaban J connectivity index is 2.21. The first-order valence-electron chi connectivity index (χ1n) is 10.9. The van der Waals surface area contributed by atoms with Crippen LogP contribution in [0.2, 0.25) is 0 Å². The summed E-state index contributed by atoms with van der Waals surface area (Å²) in [6.45, 7) is 6.81. The van der Waals surface area contributed by atoms with Gasteiger partial charge in [0.15, 0.2) is 0 Å². The van der Waals surface area contributed by atoms with Crippen LogP contribution in [0.15, 0.2) is 60.7 Å². The van der Waals surface area contributed by atoms with Gasteiger partial charge in [0.2, 0.25) is 0 Å². The number of nitrogens with zero attached hydrogens (tertiary/aromatic N) is 1. The summed E-state index contributed by atoms with van der Waals surface area (Å²) in [5.74, 6) is 0. The summed E-state index contributed by atoms with van der Waals surface area (Å²) in [4.78, 5) is 2.34. The summed E-state index contributed by atoms with van der Waals surface area (Å²) in [5, 5.41) is 11.0. The summed E-state index contributed by atoms with van der Waals surface area (Å²) in [7, 11) is 1.65. The Hall–Kier alpha value is -1.76. The normalized spacial score (nSPS) is 14.6. The van der Waals surface area contributed by atoms with Crippen LogP contribution >= 0.6 is 0 Å². The van der Waals surface area contributed by atoms with Crippen molar-refractivity contribution in [3.63, 3.8) is 0 Å². The van der Waals surface area contributed by atoms with Gasteiger partial charge in [-0.3, -0.25) is 4.90 Å². The van der Waals surface area contributed by atoms with E-state index in [2.05, 4.69) is 60.4 Å². The van der Waals surface area contributed by atoms with Gasteiger partial charge in [-0.25, -0.2) is 0 Å². The van der Waals surface area contributed by atoms with Gasteiger partial charge in [0, 0.05) is 20.2 Å². The highest BCUT2D eigenvalue weighted by molar-refractivity contribution is 5.17. The second kappa shape index (κ2) is 14.3. The summed E-state index contributed by atoms with van der Waals surface area (Å²) in [6, 6.07) is 20.6. The summed E-state index contributed by atoms with van der Waals surface area (Å²) in [6.07, 6.45) is 0.807. The largest absolute Gasteiger partial charge is 0.391 e. The Bertz CT molecular complexity index is 626. The Kier molecular flexibility index (Phi) is 11.7. The molecular formula is C25H37NO4. The maximum absolute atomic E-state index is 11.0. The molecule has 0 radical (unpaired) electrons. The lowest BCUT2D eigenvalue weighted by molar-refractivity contribution is -0.138. The molecule has 0 heterocycles. The zero-order chi connectivity index (χ0) is 21.6. The van der Waals surface area contributed by atoms with Crippen molar-refractivity contribution >= 4 is 0 Å². The molecule has 2 aromatic carbocycles. The highest BCUT2D eigenvalue weighted by atomic mass is 16.7. The van der Waals surface area contributed by atoms with Crippen LogP contribution in [0.5, 0.6) is 0 Å². The molecule has 0 amide bonds. The van der Waals surface area contributed by atoms with E-state index >= 15 is 0 Å². The van der Waals surface area contributed by atoms with Crippen LogP contribution in [0, 0.1) is 0 Å². The fourth-order valence-electron chi connectivity index (χ4n) is 3.66. The minimum absolute atomic E-state index is 0.144. The monoisotopic (exact) mass is 415 g/mol. The second-order valence-corrected chi connectivity index (χ2v) is 7.47. The van der Waals surface area contributed by atoms with Crippen LogP contribution in [0.25, 0.3) is 0 Å². The van der Waals surface area contributed by atoms with E-state index in [4.69, 9.17) is 14.2 Å². The molecule has 30 heavy (non-hydrogen) atoms. The highest BCUT2D eigenvalue weighted by Crippen LogP contribution is 2.23. The van der Waals surface area contributed by atoms with Crippen molar-refractivity contribution in [1.82, 2.24) is 4.90 Å². The molecule has 0 aliphatic carbocycles. The van der Waals surface area contributed by atoms with Gasteiger partial charge < -0.3 is 19.3 Å². The van der Waals surface area contributed by atoms with E-state index in [1.165, 1.54) is 11.1 Å². The molecule has 166 valence electrons. The van der Waals surface area contributed by atoms with Crippen LogP contribution in [-0.4, -0.2) is 55.4 Å². The van der Waals surface area contributed by atoms with Gasteiger partial charge in [-0.05, 0) is 24.0 Å². The van der Waals surface area contributed by atoms with Crippen molar-refractivity contribution in [2.45, 2.75) is 58.0 Å². The first kappa shape index (κ1) is 24.5. The van der Waals surface area contributed by atoms with Crippen molar-refractivity contribution in [2.75, 3.05) is 27.1 Å². The lowest BCUT2D eigenvalue weighted by Gasteiger charge is -2.39. The molecule has 5 nitrogen and oxygen atoms in total. The number of methoxy groups -OCH3 is 1. The standard InChI is InChI=1S/C25H37NO4/c1-4-23(27)25(24(5-2)30-20-29-17-16-28-3)26(18-21-12-8-6-9-13-21)19-22-14-10-7-11-15-22/h6-15,23-25,27H,4-5,16-20H2,1-3H3/t23-,24+,25+/m1/s1. The lowest BCUT2D eigenvalue weighted by atomic mass is 9.97. The number of hydrogen-bond donors (Lipinski definition) is 1. The Morgan fingerprint density at radius 1 is 0.833 bits per heavy atom. The number of ether oxygens (including phenoxy) is 3. The summed E-state index contributed by atoms with van der Waals surface area (Å²) >= 11 is 0. The minimum atomic E-state index is -0.499. The van der Waals surface area contributed by atoms with E-state index in [1.807, 2.05) is 19.1 Å². The predicted molar refractivity (Wildman–Crippen MR) is 120 cm³/mol. The average Bonchev–Trinajstić information content (AvgIpc) is 2.79. The van der Waals surface area contributed by atoms with Crippen molar-refractivity contribution in [3.05, 3.63) is 71.8 Å². The summed E-state index contributed by atoms with van der Waals surface area (Å²) < 4.78 is 16.7. The van der Waals surface area contributed by atoms with Gasteiger partial charge in [-0.1, -0.05) is 74.5 Å². The SMILES string of the molecule is CC[C@@H](O)[C@@H]([C@H](CC)OCOCCOC)N(Cc1ccccc1)Cc1ccccc1. The fraction of sp³-hybridized carbons (Fsp3) is 0.520. The van der Waals surface area contributed by atoms with Gasteiger partial charge in [0.1, 0.15) is 6.79 Å². The number of aliphatic hydroxyl groups is 1. The molecule has 1 N–H and O–H groups in total. The van der Waals surface area contributed by atoms with Crippen LogP contribution in [0.1, 0.15) is 37.8 Å². The molecule has 0 saturated carbocycles. The van der Waals surface area contributed by atoms with E-state index in [9.17, 15) is 5.11 Å². The molecule has 0 saturated heterocycles. The molecule has 3 atom stereocenters. The van der Waals surface area contributed by atoms with E-state index in [-0.39, 0.29) is 18.9 Å². The highest BCUT2D eigenvalue weighted by Gasteiger charge is 2.33. The Labute approximate surface area is 181 Å². The number of aliphatic hydroxyl groups excluding tert-OH is 1. The zero-order valence-electron chi connectivity index (χ0n) is 18.6. The molecule has 0 spiro atoms. The maximum atomic E-state index is 11.0. The molecule has 2 rings (SSSR count). The van der Waals surface area contributed by atoms with Gasteiger partial charge in [-0.15, -0.1) is 0 Å². The molecule has 0 aliphatic heterocycles. The first-order valence-corrected chi connectivity index (χ1v) is 10.9. The van der Waals surface area contributed by atoms with E-state index in [0.29, 0.717) is 19.6 Å². The third-order valence-electron chi connectivity index (χ3n) is 5.27. The van der Waals surface area contributed by atoms with Crippen molar-refractivity contribution in [3.8, 4) is 0 Å². The minimum Gasteiger partial charge on any atom is -0.391 e. The summed E-state index contributed by atoms with van der Waals surface area (Å²) in [5.41, 5.74) is 2.43. The molecule has 2 aromatic rings. The van der Waals surface area contributed by atoms with Gasteiger partial charge in [-0.2, -0.15) is 0 Å². The molecule has 0 aliphatic rings. The molecule has 5 heteroatoms. The van der Waals surface area contributed by atoms with Crippen molar-refractivity contribution in [1.29, 1.82) is 0 Å². The molecule has 0 aromatic heterocycles. The van der Waals surface area contributed by atoms with Gasteiger partial charge in [0.25, 0.3) is 0 Å². The van der Waals surface area contributed by atoms with Crippen molar-refractivity contribution in [2.24, 2.45) is 0 Å². The van der Waals surface area contributed by atoms with E-state index in [1.54, 1.807) is 7.11 Å². The van der Waals surface area contributed by atoms with Crippen LogP contribution in [-0.2, 0) is 27.3 Å². The van der Waals surface area contributed by atoms with Gasteiger partial charge >= 0.3 is 0 Å². The maximum Gasteiger partial charge on any atom is 0.147 e. The zero-order valence-corrected chi connectivity index (χ0v) is 18.6. The smallest absolute Gasteiger partial charge is 0.147 e. The lowest BCUT2D eigenvalue weighted by Crippen LogP contribution is -2.51. The number of benzene rings is 2. The first-order chi connectivity index (χ1) is 14.7. The van der Waals surface area contributed by atoms with Crippen LogP contribution in [0.3, 0.4) is 0 Å². The van der Waals surface area contributed by atoms with E-state index in [0.717, 1.165) is 19.5 Å². The topological polar surface area (TPSA) is 51.2 Å². The average molecular weight is 416 g/mol. The quantitative estimate of drug-likeness (QED) is 0.348. The van der Waals surface area contributed by atoms with Crippen molar-refractivity contribution < 1.29 is 19.3 Å². The Morgan fingerprint density at radius 2 is 1.40 bits per heavy atom. The fourth-order valence-corrected chi connectivity index (χ4v) is 3.66. The molecule has 0 bridgehead atoms. The molecule has 0 unspecified atom stereocenters. The third-order valence-corrected chi connectivity index (χ3v) is 5.27. The molecule has 0 fully saturated rings. The third kappa shape index (κ3) is 8.17.